The van der Waals surface area contributed by atoms with Crippen molar-refractivity contribution in [2.24, 2.45) is 0 Å². The molecule has 2 atom stereocenters. The SMILES string of the molecule is CC[C@H](C)NC(=O)[C@H](Cc1ccccc1)N(Cc1cccc(OC)c1)C(=O)CN(c1ccc(C)cc1C)S(=O)(=O)c1ccccc1. The number of benzene rings is 4. The summed E-state index contributed by atoms with van der Waals surface area (Å²) in [5.41, 5.74) is 3.69. The lowest BCUT2D eigenvalue weighted by Gasteiger charge is -2.34. The summed E-state index contributed by atoms with van der Waals surface area (Å²) in [6, 6.07) is 29.3. The summed E-state index contributed by atoms with van der Waals surface area (Å²) >= 11 is 0. The number of hydrogen-bond acceptors (Lipinski definition) is 5. The zero-order chi connectivity index (χ0) is 33.3. The van der Waals surface area contributed by atoms with E-state index in [-0.39, 0.29) is 29.8 Å². The number of anilines is 1. The Morgan fingerprint density at radius 3 is 2.13 bits per heavy atom. The number of hydrogen-bond donors (Lipinski definition) is 1. The molecule has 0 aliphatic carbocycles. The standard InChI is InChI=1S/C37H43N3O5S/c1-6-29(4)38-37(42)35(24-30-14-9-7-10-15-30)39(25-31-16-13-17-32(23-31)45-5)36(41)26-40(34-21-20-27(2)22-28(34)3)46(43,44)33-18-11-8-12-19-33/h7-23,29,35H,6,24-26H2,1-5H3,(H,38,42)/t29-,35-/m0/s1. The van der Waals surface area contributed by atoms with Gasteiger partial charge in [0.25, 0.3) is 10.0 Å². The Balaban J connectivity index is 1.83. The Labute approximate surface area is 273 Å². The maximum absolute atomic E-state index is 14.6. The second-order valence-electron chi connectivity index (χ2n) is 11.5. The van der Waals surface area contributed by atoms with Crippen molar-refractivity contribution in [3.05, 3.63) is 125 Å². The number of carbonyl (C=O) groups excluding carboxylic acids is 2. The van der Waals surface area contributed by atoms with Crippen molar-refractivity contribution in [1.29, 1.82) is 0 Å². The fraction of sp³-hybridized carbons (Fsp3) is 0.297. The summed E-state index contributed by atoms with van der Waals surface area (Å²) in [6.07, 6.45) is 0.956. The number of nitrogens with zero attached hydrogens (tertiary/aromatic N) is 2. The molecule has 242 valence electrons. The van der Waals surface area contributed by atoms with E-state index in [0.717, 1.165) is 21.0 Å². The predicted molar refractivity (Wildman–Crippen MR) is 182 cm³/mol. The summed E-state index contributed by atoms with van der Waals surface area (Å²) in [7, 11) is -2.60. The summed E-state index contributed by atoms with van der Waals surface area (Å²) in [5.74, 6) is -0.210. The molecule has 0 saturated heterocycles. The number of nitrogens with one attached hydrogen (secondary N) is 1. The number of methoxy groups -OCH3 is 1. The quantitative estimate of drug-likeness (QED) is 0.181. The topological polar surface area (TPSA) is 96.0 Å². The van der Waals surface area contributed by atoms with Crippen molar-refractivity contribution in [1.82, 2.24) is 10.2 Å². The smallest absolute Gasteiger partial charge is 0.264 e. The van der Waals surface area contributed by atoms with Crippen LogP contribution in [0.4, 0.5) is 5.69 Å². The molecule has 0 aliphatic rings. The van der Waals surface area contributed by atoms with Crippen molar-refractivity contribution >= 4 is 27.5 Å². The molecule has 1 N–H and O–H groups in total. The molecule has 0 aliphatic heterocycles. The molecule has 4 aromatic rings. The van der Waals surface area contributed by atoms with Gasteiger partial charge < -0.3 is 15.0 Å². The molecule has 0 unspecified atom stereocenters. The molecule has 46 heavy (non-hydrogen) atoms. The van der Waals surface area contributed by atoms with Crippen LogP contribution >= 0.6 is 0 Å². The van der Waals surface area contributed by atoms with Crippen LogP contribution in [0.2, 0.25) is 0 Å². The van der Waals surface area contributed by atoms with Gasteiger partial charge in [0.2, 0.25) is 11.8 Å². The molecular formula is C37H43N3O5S. The van der Waals surface area contributed by atoms with Crippen molar-refractivity contribution in [2.75, 3.05) is 18.0 Å². The Morgan fingerprint density at radius 2 is 1.50 bits per heavy atom. The lowest BCUT2D eigenvalue weighted by molar-refractivity contribution is -0.140. The first kappa shape index (κ1) is 34.2. The van der Waals surface area contributed by atoms with E-state index in [2.05, 4.69) is 5.32 Å². The second-order valence-corrected chi connectivity index (χ2v) is 13.4. The minimum Gasteiger partial charge on any atom is -0.497 e. The fourth-order valence-corrected chi connectivity index (χ4v) is 6.78. The largest absolute Gasteiger partial charge is 0.497 e. The summed E-state index contributed by atoms with van der Waals surface area (Å²) in [5, 5.41) is 3.06. The molecule has 0 saturated carbocycles. The Hall–Kier alpha value is -4.63. The van der Waals surface area contributed by atoms with Crippen LogP contribution in [0.5, 0.6) is 5.75 Å². The van der Waals surface area contributed by atoms with E-state index < -0.39 is 28.5 Å². The molecule has 0 fully saturated rings. The van der Waals surface area contributed by atoms with Gasteiger partial charge in [-0.15, -0.1) is 0 Å². The van der Waals surface area contributed by atoms with E-state index in [4.69, 9.17) is 4.74 Å². The van der Waals surface area contributed by atoms with Crippen LogP contribution in [0.1, 0.15) is 42.5 Å². The summed E-state index contributed by atoms with van der Waals surface area (Å²) in [4.78, 5) is 30.2. The zero-order valence-corrected chi connectivity index (χ0v) is 28.0. The number of sulfonamides is 1. The molecule has 4 aromatic carbocycles. The maximum atomic E-state index is 14.6. The van der Waals surface area contributed by atoms with Gasteiger partial charge in [-0.2, -0.15) is 0 Å². The number of aryl methyl sites for hydroxylation is 2. The van der Waals surface area contributed by atoms with Crippen LogP contribution in [-0.2, 0) is 32.6 Å². The van der Waals surface area contributed by atoms with Crippen LogP contribution in [0.25, 0.3) is 0 Å². The van der Waals surface area contributed by atoms with Crippen molar-refractivity contribution in [2.45, 2.75) is 64.1 Å². The van der Waals surface area contributed by atoms with Crippen molar-refractivity contribution < 1.29 is 22.7 Å². The average molecular weight is 642 g/mol. The van der Waals surface area contributed by atoms with Gasteiger partial charge in [0.1, 0.15) is 18.3 Å². The molecule has 0 spiro atoms. The Kier molecular flexibility index (Phi) is 11.6. The normalized spacial score (nSPS) is 12.5. The summed E-state index contributed by atoms with van der Waals surface area (Å²) < 4.78 is 35.0. The van der Waals surface area contributed by atoms with Gasteiger partial charge >= 0.3 is 0 Å². The third kappa shape index (κ3) is 8.54. The van der Waals surface area contributed by atoms with Gasteiger partial charge in [-0.05, 0) is 74.2 Å². The Bertz CT molecular complexity index is 1730. The molecule has 0 radical (unpaired) electrons. The average Bonchev–Trinajstić information content (AvgIpc) is 3.06. The van der Waals surface area contributed by atoms with E-state index in [1.807, 2.05) is 88.4 Å². The molecule has 9 heteroatoms. The van der Waals surface area contributed by atoms with Gasteiger partial charge in [0.05, 0.1) is 17.7 Å². The highest BCUT2D eigenvalue weighted by Gasteiger charge is 2.35. The van der Waals surface area contributed by atoms with Gasteiger partial charge in [-0.25, -0.2) is 8.42 Å². The van der Waals surface area contributed by atoms with E-state index in [1.165, 1.54) is 17.0 Å². The summed E-state index contributed by atoms with van der Waals surface area (Å²) in [6.45, 7) is 7.21. The fourth-order valence-electron chi connectivity index (χ4n) is 5.28. The minimum atomic E-state index is -4.16. The van der Waals surface area contributed by atoms with Crippen LogP contribution in [0, 0.1) is 13.8 Å². The number of carbonyl (C=O) groups is 2. The van der Waals surface area contributed by atoms with Gasteiger partial charge in [0.15, 0.2) is 0 Å². The van der Waals surface area contributed by atoms with Gasteiger partial charge in [-0.3, -0.25) is 13.9 Å². The van der Waals surface area contributed by atoms with E-state index in [9.17, 15) is 18.0 Å². The third-order valence-electron chi connectivity index (χ3n) is 7.99. The van der Waals surface area contributed by atoms with Crippen LogP contribution in [0.15, 0.2) is 108 Å². The lowest BCUT2D eigenvalue weighted by Crippen LogP contribution is -2.54. The second kappa shape index (κ2) is 15.6. The lowest BCUT2D eigenvalue weighted by atomic mass is 10.0. The van der Waals surface area contributed by atoms with Crippen LogP contribution in [0.3, 0.4) is 0 Å². The molecule has 0 bridgehead atoms. The van der Waals surface area contributed by atoms with Crippen LogP contribution < -0.4 is 14.4 Å². The number of ether oxygens (including phenoxy) is 1. The van der Waals surface area contributed by atoms with Gasteiger partial charge in [0, 0.05) is 19.0 Å². The maximum Gasteiger partial charge on any atom is 0.264 e. The molecule has 0 heterocycles. The molecule has 4 rings (SSSR count). The molecule has 0 aromatic heterocycles. The number of amides is 2. The Morgan fingerprint density at radius 1 is 0.848 bits per heavy atom. The zero-order valence-electron chi connectivity index (χ0n) is 27.1. The van der Waals surface area contributed by atoms with Crippen molar-refractivity contribution in [3.8, 4) is 5.75 Å². The highest BCUT2D eigenvalue weighted by atomic mass is 32.2. The van der Waals surface area contributed by atoms with E-state index in [0.29, 0.717) is 23.4 Å². The first-order valence-corrected chi connectivity index (χ1v) is 16.9. The predicted octanol–water partition coefficient (Wildman–Crippen LogP) is 6.06. The number of rotatable bonds is 14. The first-order chi connectivity index (χ1) is 22.0. The van der Waals surface area contributed by atoms with Gasteiger partial charge in [-0.1, -0.05) is 85.3 Å². The molecule has 2 amide bonds. The van der Waals surface area contributed by atoms with E-state index >= 15 is 0 Å². The third-order valence-corrected chi connectivity index (χ3v) is 9.76. The molecule has 8 nitrogen and oxygen atoms in total. The monoisotopic (exact) mass is 641 g/mol. The highest BCUT2D eigenvalue weighted by molar-refractivity contribution is 7.92. The first-order valence-electron chi connectivity index (χ1n) is 15.4. The minimum absolute atomic E-state index is 0.0631. The van der Waals surface area contributed by atoms with Crippen LogP contribution in [-0.4, -0.2) is 50.9 Å². The molecular weight excluding hydrogens is 598 g/mol. The highest BCUT2D eigenvalue weighted by Crippen LogP contribution is 2.29. The van der Waals surface area contributed by atoms with E-state index in [1.54, 1.807) is 37.4 Å². The van der Waals surface area contributed by atoms with Crippen molar-refractivity contribution in [3.63, 3.8) is 0 Å².